The molecule has 102 valence electrons. The molecule has 0 spiro atoms. The second-order valence-corrected chi connectivity index (χ2v) is 3.84. The smallest absolute Gasteiger partial charge is 0.353 e. The molecular formula is C13H12F3NO2. The number of hydrogen-bond acceptors (Lipinski definition) is 2. The van der Waals surface area contributed by atoms with Crippen molar-refractivity contribution in [2.24, 2.45) is 0 Å². The number of halogens is 3. The van der Waals surface area contributed by atoms with Gasteiger partial charge in [-0.25, -0.2) is 0 Å². The van der Waals surface area contributed by atoms with Gasteiger partial charge in [0.25, 0.3) is 0 Å². The first-order chi connectivity index (χ1) is 8.82. The van der Waals surface area contributed by atoms with Gasteiger partial charge in [-0.1, -0.05) is 12.2 Å². The molecule has 0 heterocycles. The van der Waals surface area contributed by atoms with E-state index in [0.717, 1.165) is 12.1 Å². The van der Waals surface area contributed by atoms with Crippen LogP contribution in [-0.2, 0) is 11.0 Å². The second-order valence-electron chi connectivity index (χ2n) is 3.84. The molecular weight excluding hydrogens is 259 g/mol. The van der Waals surface area contributed by atoms with E-state index in [4.69, 9.17) is 0 Å². The predicted molar refractivity (Wildman–Crippen MR) is 64.5 cm³/mol. The molecule has 0 unspecified atom stereocenters. The number of rotatable bonds is 4. The zero-order valence-corrected chi connectivity index (χ0v) is 10.1. The first-order valence-electron chi connectivity index (χ1n) is 5.41. The van der Waals surface area contributed by atoms with Gasteiger partial charge in [-0.15, -0.1) is 0 Å². The molecule has 1 aromatic carbocycles. The highest BCUT2D eigenvalue weighted by atomic mass is 19.4. The molecule has 0 aliphatic carbocycles. The third-order valence-corrected chi connectivity index (χ3v) is 2.22. The highest BCUT2D eigenvalue weighted by Crippen LogP contribution is 2.30. The number of amides is 1. The Labute approximate surface area is 108 Å². The van der Waals surface area contributed by atoms with Crippen molar-refractivity contribution >= 4 is 18.3 Å². The predicted octanol–water partition coefficient (Wildman–Crippen LogP) is 2.67. The van der Waals surface area contributed by atoms with Gasteiger partial charge in [-0.2, -0.15) is 13.2 Å². The topological polar surface area (TPSA) is 46.2 Å². The summed E-state index contributed by atoms with van der Waals surface area (Å²) in [5.74, 6) is -0.234. The van der Waals surface area contributed by atoms with E-state index in [-0.39, 0.29) is 23.6 Å². The monoisotopic (exact) mass is 271 g/mol. The maximum Gasteiger partial charge on any atom is 0.416 e. The largest absolute Gasteiger partial charge is 0.416 e. The minimum atomic E-state index is -4.50. The van der Waals surface area contributed by atoms with Crippen LogP contribution >= 0.6 is 0 Å². The average Bonchev–Trinajstić information content (AvgIpc) is 2.33. The number of carbonyl (C=O) groups is 2. The lowest BCUT2D eigenvalue weighted by Gasteiger charge is -2.08. The summed E-state index contributed by atoms with van der Waals surface area (Å²) in [5, 5.41) is 2.47. The third kappa shape index (κ3) is 4.95. The van der Waals surface area contributed by atoms with Crippen LogP contribution in [0.3, 0.4) is 0 Å². The number of aldehydes is 1. The molecule has 1 aromatic rings. The lowest BCUT2D eigenvalue weighted by Crippen LogP contribution is -2.19. The molecule has 0 aliphatic heterocycles. The number of alkyl halides is 3. The molecule has 6 heteroatoms. The van der Waals surface area contributed by atoms with Crippen molar-refractivity contribution in [1.29, 1.82) is 0 Å². The van der Waals surface area contributed by atoms with Crippen molar-refractivity contribution in [3.05, 3.63) is 41.0 Å². The van der Waals surface area contributed by atoms with Crippen LogP contribution in [0.1, 0.15) is 28.4 Å². The molecule has 0 fully saturated rings. The van der Waals surface area contributed by atoms with Crippen molar-refractivity contribution in [2.45, 2.75) is 13.1 Å². The fourth-order valence-corrected chi connectivity index (χ4v) is 1.40. The molecule has 0 saturated carbocycles. The Hall–Kier alpha value is -2.11. The second kappa shape index (κ2) is 6.17. The quantitative estimate of drug-likeness (QED) is 0.856. The molecule has 0 bridgehead atoms. The van der Waals surface area contributed by atoms with Crippen molar-refractivity contribution in [2.75, 3.05) is 6.54 Å². The Morgan fingerprint density at radius 1 is 1.26 bits per heavy atom. The van der Waals surface area contributed by atoms with E-state index in [1.807, 2.05) is 0 Å². The van der Waals surface area contributed by atoms with E-state index >= 15 is 0 Å². The van der Waals surface area contributed by atoms with E-state index in [1.54, 1.807) is 0 Å². The fraction of sp³-hybridized carbons (Fsp3) is 0.231. The summed E-state index contributed by atoms with van der Waals surface area (Å²) in [6.07, 6.45) is -1.22. The van der Waals surface area contributed by atoms with Crippen LogP contribution in [0.2, 0.25) is 0 Å². The molecule has 0 aromatic heterocycles. The third-order valence-electron chi connectivity index (χ3n) is 2.22. The average molecular weight is 271 g/mol. The van der Waals surface area contributed by atoms with E-state index < -0.39 is 11.7 Å². The highest BCUT2D eigenvalue weighted by Gasteiger charge is 2.30. The minimum absolute atomic E-state index is 0.0472. The molecule has 0 aliphatic rings. The summed E-state index contributed by atoms with van der Waals surface area (Å²) in [6.45, 7) is 1.55. The lowest BCUT2D eigenvalue weighted by atomic mass is 10.1. The summed E-state index contributed by atoms with van der Waals surface area (Å²) < 4.78 is 37.7. The fourth-order valence-electron chi connectivity index (χ4n) is 1.40. The number of hydrogen-bond donors (Lipinski definition) is 1. The molecule has 0 saturated heterocycles. The number of carbonyl (C=O) groups excluding carboxylic acids is 2. The van der Waals surface area contributed by atoms with Gasteiger partial charge in [0.05, 0.1) is 5.56 Å². The molecule has 1 rings (SSSR count). The molecule has 1 amide bonds. The molecule has 0 atom stereocenters. The van der Waals surface area contributed by atoms with Crippen molar-refractivity contribution in [1.82, 2.24) is 5.32 Å². The first kappa shape index (κ1) is 14.9. The zero-order chi connectivity index (χ0) is 14.5. The number of benzene rings is 1. The summed E-state index contributed by atoms with van der Waals surface area (Å²) in [4.78, 5) is 21.2. The van der Waals surface area contributed by atoms with Gasteiger partial charge >= 0.3 is 6.18 Å². The number of nitrogens with one attached hydrogen (secondary N) is 1. The molecule has 0 radical (unpaired) electrons. The summed E-state index contributed by atoms with van der Waals surface area (Å²) in [5.41, 5.74) is -0.674. The van der Waals surface area contributed by atoms with Crippen LogP contribution in [0.5, 0.6) is 0 Å². The van der Waals surface area contributed by atoms with Crippen LogP contribution in [-0.4, -0.2) is 18.7 Å². The highest BCUT2D eigenvalue weighted by molar-refractivity contribution is 5.77. The van der Waals surface area contributed by atoms with Gasteiger partial charge in [0, 0.05) is 19.0 Å². The summed E-state index contributed by atoms with van der Waals surface area (Å²) in [6, 6.07) is 3.07. The normalized spacial score (nSPS) is 11.6. The van der Waals surface area contributed by atoms with Crippen molar-refractivity contribution in [3.63, 3.8) is 0 Å². The Morgan fingerprint density at radius 2 is 1.89 bits per heavy atom. The maximum absolute atomic E-state index is 12.6. The van der Waals surface area contributed by atoms with Crippen molar-refractivity contribution in [3.8, 4) is 0 Å². The van der Waals surface area contributed by atoms with Crippen LogP contribution in [0, 0.1) is 0 Å². The van der Waals surface area contributed by atoms with E-state index in [1.165, 1.54) is 25.1 Å². The Kier molecular flexibility index (Phi) is 4.86. The van der Waals surface area contributed by atoms with Crippen LogP contribution < -0.4 is 5.32 Å². The SMILES string of the molecule is CC(=O)NCC=Cc1cc(C=O)cc(C(F)(F)F)c1. The van der Waals surface area contributed by atoms with Crippen LogP contribution in [0.4, 0.5) is 13.2 Å². The lowest BCUT2D eigenvalue weighted by molar-refractivity contribution is -0.137. The minimum Gasteiger partial charge on any atom is -0.353 e. The Bertz CT molecular complexity index is 507. The van der Waals surface area contributed by atoms with Crippen LogP contribution in [0.25, 0.3) is 6.08 Å². The Balaban J connectivity index is 2.94. The molecule has 1 N–H and O–H groups in total. The standard InChI is InChI=1S/C13H12F3NO2/c1-9(19)17-4-2-3-10-5-11(8-18)7-12(6-10)13(14,15)16/h2-3,5-8H,4H2,1H3,(H,17,19). The van der Waals surface area contributed by atoms with Gasteiger partial charge < -0.3 is 5.32 Å². The van der Waals surface area contributed by atoms with E-state index in [0.29, 0.717) is 6.29 Å². The summed E-state index contributed by atoms with van der Waals surface area (Å²) in [7, 11) is 0. The zero-order valence-electron chi connectivity index (χ0n) is 10.1. The van der Waals surface area contributed by atoms with Crippen LogP contribution in [0.15, 0.2) is 24.3 Å². The van der Waals surface area contributed by atoms with Gasteiger partial charge in [-0.05, 0) is 23.8 Å². The van der Waals surface area contributed by atoms with E-state index in [2.05, 4.69) is 5.32 Å². The van der Waals surface area contributed by atoms with E-state index in [9.17, 15) is 22.8 Å². The maximum atomic E-state index is 12.6. The van der Waals surface area contributed by atoms with Gasteiger partial charge in [0.1, 0.15) is 6.29 Å². The van der Waals surface area contributed by atoms with Gasteiger partial charge in [-0.3, -0.25) is 9.59 Å². The Morgan fingerprint density at radius 3 is 2.42 bits per heavy atom. The summed E-state index contributed by atoms with van der Waals surface area (Å²) >= 11 is 0. The first-order valence-corrected chi connectivity index (χ1v) is 5.41. The van der Waals surface area contributed by atoms with Crippen molar-refractivity contribution < 1.29 is 22.8 Å². The molecule has 3 nitrogen and oxygen atoms in total. The van der Waals surface area contributed by atoms with Gasteiger partial charge in [0.2, 0.25) is 5.91 Å². The van der Waals surface area contributed by atoms with Gasteiger partial charge in [0.15, 0.2) is 0 Å². The molecule has 19 heavy (non-hydrogen) atoms.